The number of thiophene rings is 1. The molecule has 0 aliphatic rings. The molecular formula is C15H20N4O3S3. The van der Waals surface area contributed by atoms with Crippen molar-refractivity contribution in [2.75, 3.05) is 25.1 Å². The molecule has 1 amide bonds. The van der Waals surface area contributed by atoms with Gasteiger partial charge in [-0.3, -0.25) is 4.79 Å². The SMILES string of the molecule is CCCCN(C)C(=O)CSc1ncc(S(=O)(=O)c2cccs2)c(N)n1. The molecule has 0 fully saturated rings. The summed E-state index contributed by atoms with van der Waals surface area (Å²) in [5.74, 6) is 0.0324. The second-order valence-electron chi connectivity index (χ2n) is 5.30. The Kier molecular flexibility index (Phi) is 6.79. The molecule has 0 saturated heterocycles. The lowest BCUT2D eigenvalue weighted by molar-refractivity contribution is -0.127. The van der Waals surface area contributed by atoms with E-state index < -0.39 is 9.84 Å². The molecule has 2 aromatic heterocycles. The molecule has 10 heteroatoms. The number of thioether (sulfide) groups is 1. The van der Waals surface area contributed by atoms with Crippen LogP contribution in [0, 0.1) is 0 Å². The van der Waals surface area contributed by atoms with E-state index in [1.807, 2.05) is 0 Å². The van der Waals surface area contributed by atoms with Crippen molar-refractivity contribution in [1.29, 1.82) is 0 Å². The lowest BCUT2D eigenvalue weighted by Crippen LogP contribution is -2.29. The van der Waals surface area contributed by atoms with E-state index in [2.05, 4.69) is 16.9 Å². The van der Waals surface area contributed by atoms with Crippen molar-refractivity contribution in [2.24, 2.45) is 0 Å². The third-order valence-corrected chi connectivity index (χ3v) is 7.42. The van der Waals surface area contributed by atoms with Crippen LogP contribution in [0.1, 0.15) is 19.8 Å². The third-order valence-electron chi connectivity index (χ3n) is 3.41. The molecule has 2 rings (SSSR count). The highest BCUT2D eigenvalue weighted by Gasteiger charge is 2.23. The van der Waals surface area contributed by atoms with E-state index >= 15 is 0 Å². The monoisotopic (exact) mass is 400 g/mol. The summed E-state index contributed by atoms with van der Waals surface area (Å²) in [6.07, 6.45) is 3.17. The zero-order valence-corrected chi connectivity index (χ0v) is 16.5. The summed E-state index contributed by atoms with van der Waals surface area (Å²) in [5, 5.41) is 1.95. The Bertz CT molecular complexity index is 823. The maximum atomic E-state index is 12.5. The number of sulfone groups is 1. The van der Waals surface area contributed by atoms with Crippen molar-refractivity contribution >= 4 is 44.7 Å². The van der Waals surface area contributed by atoms with Crippen LogP contribution >= 0.6 is 23.1 Å². The highest BCUT2D eigenvalue weighted by atomic mass is 32.2. The maximum absolute atomic E-state index is 12.5. The Hall–Kier alpha value is -1.65. The predicted molar refractivity (Wildman–Crippen MR) is 99.5 cm³/mol. The van der Waals surface area contributed by atoms with Crippen molar-refractivity contribution in [1.82, 2.24) is 14.9 Å². The van der Waals surface area contributed by atoms with Crippen molar-refractivity contribution < 1.29 is 13.2 Å². The number of unbranched alkanes of at least 4 members (excludes halogenated alkanes) is 1. The van der Waals surface area contributed by atoms with Gasteiger partial charge in [-0.1, -0.05) is 31.2 Å². The first-order valence-corrected chi connectivity index (χ1v) is 11.0. The van der Waals surface area contributed by atoms with Crippen molar-refractivity contribution in [3.63, 3.8) is 0 Å². The summed E-state index contributed by atoms with van der Waals surface area (Å²) in [5.41, 5.74) is 5.81. The average Bonchev–Trinajstić information content (AvgIpc) is 3.12. The third kappa shape index (κ3) is 4.93. The largest absolute Gasteiger partial charge is 0.382 e. The fraction of sp³-hybridized carbons (Fsp3) is 0.400. The summed E-state index contributed by atoms with van der Waals surface area (Å²) >= 11 is 2.24. The second kappa shape index (κ2) is 8.63. The number of nitrogens with two attached hydrogens (primary N) is 1. The molecular weight excluding hydrogens is 380 g/mol. The summed E-state index contributed by atoms with van der Waals surface area (Å²) in [6.45, 7) is 2.77. The van der Waals surface area contributed by atoms with Crippen molar-refractivity contribution in [3.8, 4) is 0 Å². The van der Waals surface area contributed by atoms with Crippen LogP contribution in [0.2, 0.25) is 0 Å². The van der Waals surface area contributed by atoms with Gasteiger partial charge in [0.2, 0.25) is 15.7 Å². The Morgan fingerprint density at radius 1 is 1.44 bits per heavy atom. The minimum atomic E-state index is -3.71. The standard InChI is InChI=1S/C15H20N4O3S3/c1-3-4-7-19(2)12(20)10-24-15-17-9-11(14(16)18-15)25(21,22)13-6-5-8-23-13/h5-6,8-9H,3-4,7,10H2,1-2H3,(H2,16,17,18). The number of nitrogens with zero attached hydrogens (tertiary/aromatic N) is 3. The van der Waals surface area contributed by atoms with Crippen molar-refractivity contribution in [2.45, 2.75) is 34.0 Å². The van der Waals surface area contributed by atoms with Gasteiger partial charge in [0.15, 0.2) is 5.16 Å². The first kappa shape index (κ1) is 19.7. The van der Waals surface area contributed by atoms with Gasteiger partial charge in [-0.2, -0.15) is 0 Å². The summed E-state index contributed by atoms with van der Waals surface area (Å²) in [4.78, 5) is 21.6. The summed E-state index contributed by atoms with van der Waals surface area (Å²) in [7, 11) is -1.96. The van der Waals surface area contributed by atoms with Crippen LogP contribution in [-0.4, -0.2) is 48.5 Å². The normalized spacial score (nSPS) is 11.4. The molecule has 2 N–H and O–H groups in total. The molecule has 25 heavy (non-hydrogen) atoms. The zero-order chi connectivity index (χ0) is 18.4. The predicted octanol–water partition coefficient (Wildman–Crippen LogP) is 2.30. The van der Waals surface area contributed by atoms with Crippen LogP contribution in [0.15, 0.2) is 38.0 Å². The zero-order valence-electron chi connectivity index (χ0n) is 14.0. The molecule has 0 atom stereocenters. The number of hydrogen-bond acceptors (Lipinski definition) is 8. The van der Waals surface area contributed by atoms with Gasteiger partial charge in [0.25, 0.3) is 0 Å². The summed E-state index contributed by atoms with van der Waals surface area (Å²) < 4.78 is 25.1. The minimum Gasteiger partial charge on any atom is -0.382 e. The number of nitrogen functional groups attached to an aromatic ring is 1. The van der Waals surface area contributed by atoms with Crippen LogP contribution < -0.4 is 5.73 Å². The number of anilines is 1. The van der Waals surface area contributed by atoms with Crippen LogP contribution in [0.3, 0.4) is 0 Å². The van der Waals surface area contributed by atoms with Gasteiger partial charge in [0, 0.05) is 13.6 Å². The Labute approximate surface area is 155 Å². The van der Waals surface area contributed by atoms with Crippen LogP contribution in [0.4, 0.5) is 5.82 Å². The second-order valence-corrected chi connectivity index (χ2v) is 9.33. The highest BCUT2D eigenvalue weighted by molar-refractivity contribution is 7.99. The molecule has 0 aliphatic heterocycles. The van der Waals surface area contributed by atoms with Gasteiger partial charge in [0.1, 0.15) is 14.9 Å². The van der Waals surface area contributed by atoms with E-state index in [9.17, 15) is 13.2 Å². The van der Waals surface area contributed by atoms with Gasteiger partial charge in [-0.25, -0.2) is 18.4 Å². The van der Waals surface area contributed by atoms with Gasteiger partial charge >= 0.3 is 0 Å². The number of rotatable bonds is 8. The molecule has 0 radical (unpaired) electrons. The fourth-order valence-corrected chi connectivity index (χ4v) is 5.07. The van der Waals surface area contributed by atoms with E-state index in [0.717, 1.165) is 35.9 Å². The van der Waals surface area contributed by atoms with E-state index in [0.29, 0.717) is 6.54 Å². The summed E-state index contributed by atoms with van der Waals surface area (Å²) in [6, 6.07) is 3.16. The van der Waals surface area contributed by atoms with E-state index in [1.165, 1.54) is 12.3 Å². The fourth-order valence-electron chi connectivity index (χ4n) is 1.92. The quantitative estimate of drug-likeness (QED) is 0.535. The Morgan fingerprint density at radius 2 is 2.20 bits per heavy atom. The Balaban J connectivity index is 2.06. The van der Waals surface area contributed by atoms with Gasteiger partial charge in [-0.15, -0.1) is 11.3 Å². The topological polar surface area (TPSA) is 106 Å². The molecule has 0 spiro atoms. The van der Waals surface area contributed by atoms with Crippen LogP contribution in [-0.2, 0) is 14.6 Å². The molecule has 0 aliphatic carbocycles. The van der Waals surface area contributed by atoms with Crippen LogP contribution in [0.25, 0.3) is 0 Å². The molecule has 0 unspecified atom stereocenters. The van der Waals surface area contributed by atoms with Crippen molar-refractivity contribution in [3.05, 3.63) is 23.7 Å². The minimum absolute atomic E-state index is 0.0316. The molecule has 136 valence electrons. The van der Waals surface area contributed by atoms with Gasteiger partial charge in [-0.05, 0) is 17.9 Å². The van der Waals surface area contributed by atoms with E-state index in [1.54, 1.807) is 23.4 Å². The smallest absolute Gasteiger partial charge is 0.232 e. The van der Waals surface area contributed by atoms with Gasteiger partial charge < -0.3 is 10.6 Å². The molecule has 2 aromatic rings. The lowest BCUT2D eigenvalue weighted by atomic mass is 10.3. The molecule has 0 bridgehead atoms. The highest BCUT2D eigenvalue weighted by Crippen LogP contribution is 2.28. The number of carbonyl (C=O) groups excluding carboxylic acids is 1. The average molecular weight is 401 g/mol. The number of hydrogen-bond donors (Lipinski definition) is 1. The van der Waals surface area contributed by atoms with Gasteiger partial charge in [0.05, 0.1) is 11.9 Å². The Morgan fingerprint density at radius 3 is 2.80 bits per heavy atom. The molecule has 7 nitrogen and oxygen atoms in total. The number of aromatic nitrogens is 2. The number of carbonyl (C=O) groups is 1. The molecule has 0 saturated carbocycles. The molecule has 2 heterocycles. The lowest BCUT2D eigenvalue weighted by Gasteiger charge is -2.16. The van der Waals surface area contributed by atoms with E-state index in [-0.39, 0.29) is 31.7 Å². The van der Waals surface area contributed by atoms with Crippen LogP contribution in [0.5, 0.6) is 0 Å². The number of amides is 1. The molecule has 0 aromatic carbocycles. The first-order valence-electron chi connectivity index (χ1n) is 7.64. The first-order chi connectivity index (χ1) is 11.9. The van der Waals surface area contributed by atoms with E-state index in [4.69, 9.17) is 5.73 Å². The maximum Gasteiger partial charge on any atom is 0.232 e.